The van der Waals surface area contributed by atoms with Crippen LogP contribution in [0.2, 0.25) is 0 Å². The van der Waals surface area contributed by atoms with Crippen LogP contribution in [0.25, 0.3) is 0 Å². The second-order valence-corrected chi connectivity index (χ2v) is 7.03. The summed E-state index contributed by atoms with van der Waals surface area (Å²) in [7, 11) is 0. The van der Waals surface area contributed by atoms with Crippen LogP contribution in [0.15, 0.2) is 24.3 Å². The average molecular weight is 305 g/mol. The Labute approximate surface area is 128 Å². The maximum Gasteiger partial charge on any atom is 0.327 e. The maximum atomic E-state index is 12.6. The standard InChI is InChI=1S/C16H19NO3S/c1-10-2-4-11(5-3-10)8-14(18)17-13(16(19)20)9-21-15(17)12-6-7-12/h2-5,12-13,15H,6-9H2,1H3,(H,19,20). The molecule has 0 bridgehead atoms. The third-order valence-electron chi connectivity index (χ3n) is 4.11. The van der Waals surface area contributed by atoms with Gasteiger partial charge in [-0.15, -0.1) is 11.8 Å². The molecule has 2 aliphatic rings. The summed E-state index contributed by atoms with van der Waals surface area (Å²) >= 11 is 1.62. The van der Waals surface area contributed by atoms with Gasteiger partial charge in [0.25, 0.3) is 0 Å². The first-order valence-corrected chi connectivity index (χ1v) is 8.32. The van der Waals surface area contributed by atoms with E-state index in [0.29, 0.717) is 11.7 Å². The number of thioether (sulfide) groups is 1. The predicted octanol–water partition coefficient (Wildman–Crippen LogP) is 2.30. The zero-order valence-corrected chi connectivity index (χ0v) is 12.8. The summed E-state index contributed by atoms with van der Waals surface area (Å²) in [6, 6.07) is 7.18. The van der Waals surface area contributed by atoms with Crippen molar-refractivity contribution < 1.29 is 14.7 Å². The van der Waals surface area contributed by atoms with Crippen molar-refractivity contribution in [1.29, 1.82) is 0 Å². The van der Waals surface area contributed by atoms with Crippen LogP contribution in [0.1, 0.15) is 24.0 Å². The van der Waals surface area contributed by atoms with E-state index in [1.165, 1.54) is 0 Å². The van der Waals surface area contributed by atoms with Gasteiger partial charge >= 0.3 is 5.97 Å². The van der Waals surface area contributed by atoms with Crippen LogP contribution in [0.3, 0.4) is 0 Å². The molecule has 21 heavy (non-hydrogen) atoms. The third kappa shape index (κ3) is 3.07. The van der Waals surface area contributed by atoms with Crippen molar-refractivity contribution in [1.82, 2.24) is 4.90 Å². The number of aliphatic carboxylic acids is 1. The van der Waals surface area contributed by atoms with Gasteiger partial charge in [0, 0.05) is 5.75 Å². The summed E-state index contributed by atoms with van der Waals surface area (Å²) in [5.74, 6) is 0.0493. The van der Waals surface area contributed by atoms with E-state index in [-0.39, 0.29) is 17.7 Å². The average Bonchev–Trinajstić information content (AvgIpc) is 3.19. The van der Waals surface area contributed by atoms with Crippen molar-refractivity contribution in [3.63, 3.8) is 0 Å². The maximum absolute atomic E-state index is 12.6. The highest BCUT2D eigenvalue weighted by Gasteiger charge is 2.47. The van der Waals surface area contributed by atoms with E-state index < -0.39 is 12.0 Å². The number of rotatable bonds is 4. The van der Waals surface area contributed by atoms with E-state index >= 15 is 0 Å². The second-order valence-electron chi connectivity index (χ2n) is 5.88. The molecule has 4 nitrogen and oxygen atoms in total. The molecule has 112 valence electrons. The van der Waals surface area contributed by atoms with Crippen molar-refractivity contribution in [2.45, 2.75) is 37.6 Å². The minimum atomic E-state index is -0.886. The number of benzene rings is 1. The predicted molar refractivity (Wildman–Crippen MR) is 82.1 cm³/mol. The molecule has 1 aliphatic carbocycles. The quantitative estimate of drug-likeness (QED) is 0.927. The van der Waals surface area contributed by atoms with Gasteiger partial charge < -0.3 is 10.0 Å². The van der Waals surface area contributed by atoms with Crippen molar-refractivity contribution >= 4 is 23.6 Å². The number of carboxylic acid groups (broad SMARTS) is 1. The normalized spacial score (nSPS) is 25.1. The van der Waals surface area contributed by atoms with Gasteiger partial charge in [-0.2, -0.15) is 0 Å². The Morgan fingerprint density at radius 2 is 1.95 bits per heavy atom. The Morgan fingerprint density at radius 3 is 2.52 bits per heavy atom. The molecule has 0 radical (unpaired) electrons. The number of hydrogen-bond acceptors (Lipinski definition) is 3. The number of carboxylic acids is 1. The van der Waals surface area contributed by atoms with Crippen molar-refractivity contribution in [2.75, 3.05) is 5.75 Å². The lowest BCUT2D eigenvalue weighted by Gasteiger charge is -2.27. The summed E-state index contributed by atoms with van der Waals surface area (Å²) in [6.45, 7) is 2.01. The Morgan fingerprint density at radius 1 is 1.29 bits per heavy atom. The fourth-order valence-corrected chi connectivity index (χ4v) is 4.40. The molecule has 1 aromatic carbocycles. The number of carbonyl (C=O) groups excluding carboxylic acids is 1. The van der Waals surface area contributed by atoms with E-state index in [1.54, 1.807) is 16.7 Å². The van der Waals surface area contributed by atoms with Gasteiger partial charge in [0.05, 0.1) is 11.8 Å². The van der Waals surface area contributed by atoms with Crippen LogP contribution in [-0.4, -0.2) is 39.1 Å². The largest absolute Gasteiger partial charge is 0.480 e. The van der Waals surface area contributed by atoms with Gasteiger partial charge in [-0.05, 0) is 31.2 Å². The number of nitrogens with zero attached hydrogens (tertiary/aromatic N) is 1. The van der Waals surface area contributed by atoms with E-state index in [0.717, 1.165) is 24.0 Å². The fourth-order valence-electron chi connectivity index (χ4n) is 2.75. The van der Waals surface area contributed by atoms with Gasteiger partial charge in [-0.3, -0.25) is 4.79 Å². The molecular weight excluding hydrogens is 286 g/mol. The van der Waals surface area contributed by atoms with Gasteiger partial charge in [0.1, 0.15) is 6.04 Å². The fraction of sp³-hybridized carbons (Fsp3) is 0.500. The van der Waals surface area contributed by atoms with Crippen LogP contribution in [-0.2, 0) is 16.0 Å². The van der Waals surface area contributed by atoms with E-state index in [1.807, 2.05) is 31.2 Å². The minimum absolute atomic E-state index is 0.0593. The van der Waals surface area contributed by atoms with Gasteiger partial charge in [-0.25, -0.2) is 4.79 Å². The molecular formula is C16H19NO3S. The molecule has 1 N–H and O–H groups in total. The number of carbonyl (C=O) groups is 2. The first-order valence-electron chi connectivity index (χ1n) is 7.27. The summed E-state index contributed by atoms with van der Waals surface area (Å²) in [4.78, 5) is 25.6. The molecule has 2 atom stereocenters. The second kappa shape index (κ2) is 5.72. The number of hydrogen-bond donors (Lipinski definition) is 1. The van der Waals surface area contributed by atoms with E-state index in [9.17, 15) is 14.7 Å². The Hall–Kier alpha value is -1.49. The topological polar surface area (TPSA) is 57.6 Å². The van der Waals surface area contributed by atoms with Crippen molar-refractivity contribution in [3.8, 4) is 0 Å². The molecule has 1 aromatic rings. The molecule has 2 fully saturated rings. The SMILES string of the molecule is Cc1ccc(CC(=O)N2C(C(=O)O)CSC2C2CC2)cc1. The molecule has 0 spiro atoms. The zero-order chi connectivity index (χ0) is 15.0. The summed E-state index contributed by atoms with van der Waals surface area (Å²) < 4.78 is 0. The first kappa shape index (κ1) is 14.4. The lowest BCUT2D eigenvalue weighted by Crippen LogP contribution is -2.46. The lowest BCUT2D eigenvalue weighted by molar-refractivity contribution is -0.149. The highest BCUT2D eigenvalue weighted by Crippen LogP contribution is 2.45. The Balaban J connectivity index is 1.76. The molecule has 0 aromatic heterocycles. The number of aryl methyl sites for hydroxylation is 1. The zero-order valence-electron chi connectivity index (χ0n) is 12.0. The van der Waals surface area contributed by atoms with Crippen molar-refractivity contribution in [3.05, 3.63) is 35.4 Å². The first-order chi connectivity index (χ1) is 10.1. The molecule has 1 amide bonds. The molecule has 3 rings (SSSR count). The van der Waals surface area contributed by atoms with Crippen LogP contribution in [0.4, 0.5) is 0 Å². The summed E-state index contributed by atoms with van der Waals surface area (Å²) in [5, 5.41) is 9.41. The summed E-state index contributed by atoms with van der Waals surface area (Å²) in [5.41, 5.74) is 2.10. The van der Waals surface area contributed by atoms with Gasteiger partial charge in [-0.1, -0.05) is 29.8 Å². The molecule has 2 unspecified atom stereocenters. The lowest BCUT2D eigenvalue weighted by atomic mass is 10.1. The van der Waals surface area contributed by atoms with Crippen LogP contribution in [0, 0.1) is 12.8 Å². The molecule has 5 heteroatoms. The van der Waals surface area contributed by atoms with Crippen LogP contribution >= 0.6 is 11.8 Å². The molecule has 1 heterocycles. The van der Waals surface area contributed by atoms with Crippen LogP contribution < -0.4 is 0 Å². The summed E-state index contributed by atoms with van der Waals surface area (Å²) in [6.07, 6.45) is 2.50. The van der Waals surface area contributed by atoms with Gasteiger partial charge in [0.15, 0.2) is 0 Å². The van der Waals surface area contributed by atoms with E-state index in [2.05, 4.69) is 0 Å². The third-order valence-corrected chi connectivity index (χ3v) is 5.57. The monoisotopic (exact) mass is 305 g/mol. The molecule has 1 saturated heterocycles. The molecule has 1 aliphatic heterocycles. The minimum Gasteiger partial charge on any atom is -0.480 e. The smallest absolute Gasteiger partial charge is 0.327 e. The van der Waals surface area contributed by atoms with Crippen molar-refractivity contribution in [2.24, 2.45) is 5.92 Å². The van der Waals surface area contributed by atoms with Crippen LogP contribution in [0.5, 0.6) is 0 Å². The molecule has 1 saturated carbocycles. The van der Waals surface area contributed by atoms with Gasteiger partial charge in [0.2, 0.25) is 5.91 Å². The number of amides is 1. The van der Waals surface area contributed by atoms with E-state index in [4.69, 9.17) is 0 Å². The highest BCUT2D eigenvalue weighted by molar-refractivity contribution is 8.00. The Kier molecular flexibility index (Phi) is 3.93. The Bertz CT molecular complexity index is 553. The highest BCUT2D eigenvalue weighted by atomic mass is 32.2.